The monoisotopic (exact) mass is 327 g/mol. The van der Waals surface area contributed by atoms with E-state index in [1.165, 1.54) is 0 Å². The van der Waals surface area contributed by atoms with Crippen molar-refractivity contribution in [2.75, 3.05) is 26.3 Å². The Hall–Kier alpha value is -1.30. The Bertz CT molecular complexity index is 515. The lowest BCUT2D eigenvalue weighted by Gasteiger charge is -2.35. The Morgan fingerprint density at radius 3 is 2.68 bits per heavy atom. The van der Waals surface area contributed by atoms with Gasteiger partial charge in [-0.3, -0.25) is 9.69 Å². The summed E-state index contributed by atoms with van der Waals surface area (Å²) in [6.45, 7) is 3.77. The van der Waals surface area contributed by atoms with Gasteiger partial charge in [0.25, 0.3) is 0 Å². The van der Waals surface area contributed by atoms with Crippen LogP contribution in [-0.2, 0) is 4.79 Å². The summed E-state index contributed by atoms with van der Waals surface area (Å²) >= 11 is 6.05. The fourth-order valence-electron chi connectivity index (χ4n) is 2.90. The quantitative estimate of drug-likeness (QED) is 0.840. The lowest BCUT2D eigenvalue weighted by molar-refractivity contribution is -0.144. The zero-order valence-corrected chi connectivity index (χ0v) is 13.4. The summed E-state index contributed by atoms with van der Waals surface area (Å²) in [4.78, 5) is 13.7. The molecule has 0 spiro atoms. The number of ether oxygens (including phenoxy) is 1. The maximum absolute atomic E-state index is 11.8. The summed E-state index contributed by atoms with van der Waals surface area (Å²) in [5.74, 6) is -0.0920. The molecule has 2 N–H and O–H groups in total. The first-order chi connectivity index (χ1) is 10.6. The van der Waals surface area contributed by atoms with Crippen LogP contribution in [0.1, 0.15) is 31.4 Å². The van der Waals surface area contributed by atoms with Crippen LogP contribution in [0.4, 0.5) is 0 Å². The normalized spacial score (nSPS) is 18.1. The van der Waals surface area contributed by atoms with Crippen molar-refractivity contribution in [1.82, 2.24) is 4.90 Å². The second-order valence-electron chi connectivity index (χ2n) is 5.52. The molecule has 2 rings (SSSR count). The molecule has 0 bridgehead atoms. The van der Waals surface area contributed by atoms with E-state index in [2.05, 4.69) is 0 Å². The number of piperidine rings is 1. The number of carboxylic acid groups (broad SMARTS) is 1. The van der Waals surface area contributed by atoms with Crippen LogP contribution in [0.15, 0.2) is 18.2 Å². The molecule has 1 aromatic rings. The van der Waals surface area contributed by atoms with Crippen LogP contribution in [0.3, 0.4) is 0 Å². The SMILES string of the molecule is CCOc1ccc(Cl)cc1[C@H](C(=O)O)N1CCC(CO)CC1. The zero-order valence-electron chi connectivity index (χ0n) is 12.7. The molecule has 0 amide bonds. The van der Waals surface area contributed by atoms with Gasteiger partial charge in [0.15, 0.2) is 0 Å². The van der Waals surface area contributed by atoms with Crippen LogP contribution in [0.2, 0.25) is 5.02 Å². The van der Waals surface area contributed by atoms with Gasteiger partial charge in [-0.05, 0) is 57.0 Å². The molecule has 0 radical (unpaired) electrons. The highest BCUT2D eigenvalue weighted by Gasteiger charge is 2.33. The minimum Gasteiger partial charge on any atom is -0.494 e. The number of benzene rings is 1. The molecule has 1 aliphatic heterocycles. The molecule has 0 aliphatic carbocycles. The number of aliphatic hydroxyl groups is 1. The second kappa shape index (κ2) is 7.81. The predicted molar refractivity (Wildman–Crippen MR) is 84.4 cm³/mol. The predicted octanol–water partition coefficient (Wildman–Crippen LogP) is 2.57. The minimum absolute atomic E-state index is 0.160. The highest BCUT2D eigenvalue weighted by Crippen LogP contribution is 2.34. The molecule has 1 aromatic carbocycles. The summed E-state index contributed by atoms with van der Waals surface area (Å²) < 4.78 is 5.57. The van der Waals surface area contributed by atoms with Crippen molar-refractivity contribution >= 4 is 17.6 Å². The molecule has 1 saturated heterocycles. The maximum atomic E-state index is 11.8. The fourth-order valence-corrected chi connectivity index (χ4v) is 3.08. The van der Waals surface area contributed by atoms with Crippen molar-refractivity contribution in [2.24, 2.45) is 5.92 Å². The summed E-state index contributed by atoms with van der Waals surface area (Å²) in [6.07, 6.45) is 1.59. The third-order valence-electron chi connectivity index (χ3n) is 4.07. The summed E-state index contributed by atoms with van der Waals surface area (Å²) in [5.41, 5.74) is 0.587. The topological polar surface area (TPSA) is 70.0 Å². The van der Waals surface area contributed by atoms with Crippen molar-refractivity contribution in [3.8, 4) is 5.75 Å². The number of hydrogen-bond donors (Lipinski definition) is 2. The van der Waals surface area contributed by atoms with Crippen molar-refractivity contribution in [3.05, 3.63) is 28.8 Å². The molecule has 6 heteroatoms. The average Bonchev–Trinajstić information content (AvgIpc) is 2.50. The summed E-state index contributed by atoms with van der Waals surface area (Å²) in [6, 6.07) is 4.31. The van der Waals surface area contributed by atoms with E-state index in [4.69, 9.17) is 16.3 Å². The third-order valence-corrected chi connectivity index (χ3v) is 4.31. The van der Waals surface area contributed by atoms with Gasteiger partial charge in [0.05, 0.1) is 6.61 Å². The van der Waals surface area contributed by atoms with E-state index in [1.54, 1.807) is 18.2 Å². The molecule has 1 aliphatic rings. The Morgan fingerprint density at radius 2 is 2.14 bits per heavy atom. The Morgan fingerprint density at radius 1 is 1.45 bits per heavy atom. The molecule has 22 heavy (non-hydrogen) atoms. The van der Waals surface area contributed by atoms with E-state index in [-0.39, 0.29) is 12.5 Å². The fraction of sp³-hybridized carbons (Fsp3) is 0.562. The number of aliphatic hydroxyl groups excluding tert-OH is 1. The number of rotatable bonds is 6. The van der Waals surface area contributed by atoms with Gasteiger partial charge in [-0.2, -0.15) is 0 Å². The van der Waals surface area contributed by atoms with Gasteiger partial charge in [0, 0.05) is 17.2 Å². The van der Waals surface area contributed by atoms with Crippen LogP contribution in [0.25, 0.3) is 0 Å². The Kier molecular flexibility index (Phi) is 6.06. The first-order valence-electron chi connectivity index (χ1n) is 7.56. The van der Waals surface area contributed by atoms with Gasteiger partial charge in [0.2, 0.25) is 0 Å². The van der Waals surface area contributed by atoms with E-state index in [0.717, 1.165) is 12.8 Å². The molecule has 1 heterocycles. The first-order valence-corrected chi connectivity index (χ1v) is 7.94. The molecular weight excluding hydrogens is 306 g/mol. The highest BCUT2D eigenvalue weighted by molar-refractivity contribution is 6.30. The highest BCUT2D eigenvalue weighted by atomic mass is 35.5. The average molecular weight is 328 g/mol. The largest absolute Gasteiger partial charge is 0.494 e. The van der Waals surface area contributed by atoms with Crippen molar-refractivity contribution in [3.63, 3.8) is 0 Å². The van der Waals surface area contributed by atoms with Gasteiger partial charge in [-0.1, -0.05) is 11.6 Å². The smallest absolute Gasteiger partial charge is 0.325 e. The molecule has 1 atom stereocenters. The first kappa shape index (κ1) is 17.1. The van der Waals surface area contributed by atoms with E-state index in [1.807, 2.05) is 11.8 Å². The van der Waals surface area contributed by atoms with Gasteiger partial charge < -0.3 is 14.9 Å². The van der Waals surface area contributed by atoms with E-state index in [0.29, 0.717) is 36.0 Å². The Balaban J connectivity index is 2.28. The lowest BCUT2D eigenvalue weighted by Crippen LogP contribution is -2.41. The van der Waals surface area contributed by atoms with Gasteiger partial charge in [-0.25, -0.2) is 0 Å². The number of likely N-dealkylation sites (tertiary alicyclic amines) is 1. The van der Waals surface area contributed by atoms with Gasteiger partial charge in [0.1, 0.15) is 11.8 Å². The molecule has 122 valence electrons. The van der Waals surface area contributed by atoms with Crippen LogP contribution < -0.4 is 4.74 Å². The second-order valence-corrected chi connectivity index (χ2v) is 5.95. The van der Waals surface area contributed by atoms with Crippen molar-refractivity contribution in [2.45, 2.75) is 25.8 Å². The number of halogens is 1. The number of carbonyl (C=O) groups is 1. The lowest BCUT2D eigenvalue weighted by atomic mass is 9.94. The van der Waals surface area contributed by atoms with Gasteiger partial charge >= 0.3 is 5.97 Å². The molecular formula is C16H22ClNO4. The van der Waals surface area contributed by atoms with Crippen LogP contribution in [-0.4, -0.2) is 47.4 Å². The van der Waals surface area contributed by atoms with Crippen molar-refractivity contribution in [1.29, 1.82) is 0 Å². The molecule has 5 nitrogen and oxygen atoms in total. The van der Waals surface area contributed by atoms with E-state index in [9.17, 15) is 15.0 Å². The molecule has 0 unspecified atom stereocenters. The standard InChI is InChI=1S/C16H22ClNO4/c1-2-22-14-4-3-12(17)9-13(14)15(16(20)21)18-7-5-11(10-19)6-8-18/h3-4,9,11,15,19H,2,5-8,10H2,1H3,(H,20,21)/t15-/m1/s1. The number of nitrogens with zero attached hydrogens (tertiary/aromatic N) is 1. The maximum Gasteiger partial charge on any atom is 0.325 e. The van der Waals surface area contributed by atoms with E-state index < -0.39 is 12.0 Å². The summed E-state index contributed by atoms with van der Waals surface area (Å²) in [5, 5.41) is 19.4. The molecule has 1 fully saturated rings. The minimum atomic E-state index is -0.911. The van der Waals surface area contributed by atoms with E-state index >= 15 is 0 Å². The van der Waals surface area contributed by atoms with Gasteiger partial charge in [-0.15, -0.1) is 0 Å². The van der Waals surface area contributed by atoms with Crippen LogP contribution >= 0.6 is 11.6 Å². The Labute approximate surface area is 135 Å². The van der Waals surface area contributed by atoms with Crippen molar-refractivity contribution < 1.29 is 19.7 Å². The zero-order chi connectivity index (χ0) is 16.1. The van der Waals surface area contributed by atoms with Crippen LogP contribution in [0.5, 0.6) is 5.75 Å². The number of hydrogen-bond acceptors (Lipinski definition) is 4. The number of aliphatic carboxylic acids is 1. The molecule has 0 aromatic heterocycles. The summed E-state index contributed by atoms with van der Waals surface area (Å²) in [7, 11) is 0. The third kappa shape index (κ3) is 3.91. The molecule has 0 saturated carbocycles. The number of carboxylic acids is 1. The van der Waals surface area contributed by atoms with Crippen LogP contribution in [0, 0.1) is 5.92 Å².